The number of amides is 1. The number of β-amino-alcohol motifs (C(OH)–C–C–N with tert-alkyl or cyclic N) is 1. The van der Waals surface area contributed by atoms with Crippen LogP contribution < -0.4 is 0 Å². The summed E-state index contributed by atoms with van der Waals surface area (Å²) >= 11 is 1.62. The van der Waals surface area contributed by atoms with E-state index in [0.29, 0.717) is 18.6 Å². The van der Waals surface area contributed by atoms with Crippen molar-refractivity contribution < 1.29 is 19.1 Å². The van der Waals surface area contributed by atoms with Crippen molar-refractivity contribution in [2.75, 3.05) is 6.54 Å². The lowest BCUT2D eigenvalue weighted by molar-refractivity contribution is -0.140. The smallest absolute Gasteiger partial charge is 0.234 e. The molecule has 34 heavy (non-hydrogen) atoms. The third-order valence-corrected chi connectivity index (χ3v) is 7.52. The number of carbonyl (C=O) groups excluding carboxylic acids is 2. The van der Waals surface area contributed by atoms with Crippen molar-refractivity contribution in [2.24, 2.45) is 5.92 Å². The number of benzene rings is 1. The number of aliphatic hydroxyl groups is 1. The van der Waals surface area contributed by atoms with Crippen LogP contribution in [0.5, 0.6) is 0 Å². The summed E-state index contributed by atoms with van der Waals surface area (Å²) in [6.45, 7) is 8.05. The number of hydrogen-bond donors (Lipinski definition) is 1. The van der Waals surface area contributed by atoms with E-state index in [2.05, 4.69) is 17.1 Å². The van der Waals surface area contributed by atoms with Crippen LogP contribution in [0.25, 0.3) is 10.4 Å². The Kier molecular flexibility index (Phi) is 7.33. The maximum atomic E-state index is 13.5. The maximum absolute atomic E-state index is 13.5. The number of thiazole rings is 1. The van der Waals surface area contributed by atoms with E-state index in [4.69, 9.17) is 4.42 Å². The molecule has 0 saturated carbocycles. The fourth-order valence-electron chi connectivity index (χ4n) is 4.73. The van der Waals surface area contributed by atoms with Crippen LogP contribution in [0.3, 0.4) is 0 Å². The quantitative estimate of drug-likeness (QED) is 0.495. The number of likely N-dealkylation sites (tertiary alicyclic amines) is 1. The molecule has 3 atom stereocenters. The Morgan fingerprint density at radius 1 is 1.24 bits per heavy atom. The Balaban J connectivity index is 1.43. The number of rotatable bonds is 8. The van der Waals surface area contributed by atoms with Gasteiger partial charge in [-0.05, 0) is 48.9 Å². The molecule has 0 bridgehead atoms. The molecule has 3 aromatic rings. The van der Waals surface area contributed by atoms with Gasteiger partial charge in [-0.25, -0.2) is 4.98 Å². The molecule has 0 radical (unpaired) electrons. The van der Waals surface area contributed by atoms with Crippen molar-refractivity contribution >= 4 is 23.0 Å². The van der Waals surface area contributed by atoms with E-state index in [1.807, 2.05) is 51.4 Å². The van der Waals surface area contributed by atoms with Gasteiger partial charge in [-0.1, -0.05) is 38.1 Å². The van der Waals surface area contributed by atoms with Gasteiger partial charge in [0.15, 0.2) is 5.78 Å². The van der Waals surface area contributed by atoms with Crippen LogP contribution in [-0.4, -0.2) is 45.4 Å². The molecule has 3 heterocycles. The first-order chi connectivity index (χ1) is 16.2. The number of aryl methyl sites for hydroxylation is 3. The molecule has 2 aromatic heterocycles. The highest BCUT2D eigenvalue weighted by Crippen LogP contribution is 2.32. The summed E-state index contributed by atoms with van der Waals surface area (Å²) in [7, 11) is 0. The zero-order valence-electron chi connectivity index (χ0n) is 20.2. The Bertz CT molecular complexity index is 1150. The molecule has 180 valence electrons. The lowest BCUT2D eigenvalue weighted by atomic mass is 9.91. The number of ketones is 1. The molecule has 1 amide bonds. The van der Waals surface area contributed by atoms with Crippen molar-refractivity contribution in [3.63, 3.8) is 0 Å². The van der Waals surface area contributed by atoms with Crippen LogP contribution in [0.15, 0.2) is 46.5 Å². The summed E-state index contributed by atoms with van der Waals surface area (Å²) in [6.07, 6.45) is 2.16. The van der Waals surface area contributed by atoms with Gasteiger partial charge in [-0.15, -0.1) is 11.3 Å². The Labute approximate surface area is 204 Å². The van der Waals surface area contributed by atoms with Crippen LogP contribution in [0, 0.1) is 19.8 Å². The van der Waals surface area contributed by atoms with Crippen LogP contribution in [-0.2, 0) is 16.0 Å². The molecule has 6 nitrogen and oxygen atoms in total. The molecule has 0 unspecified atom stereocenters. The average Bonchev–Trinajstić information content (AvgIpc) is 3.52. The lowest BCUT2D eigenvalue weighted by Gasteiger charge is -2.29. The molecule has 7 heteroatoms. The molecule has 1 fully saturated rings. The minimum Gasteiger partial charge on any atom is -0.468 e. The van der Waals surface area contributed by atoms with Crippen LogP contribution >= 0.6 is 11.3 Å². The first-order valence-electron chi connectivity index (χ1n) is 11.8. The average molecular weight is 481 g/mol. The number of carbonyl (C=O) groups is 2. The van der Waals surface area contributed by atoms with E-state index in [1.165, 1.54) is 0 Å². The van der Waals surface area contributed by atoms with Gasteiger partial charge in [0.25, 0.3) is 0 Å². The van der Waals surface area contributed by atoms with Gasteiger partial charge < -0.3 is 14.4 Å². The fourth-order valence-corrected chi connectivity index (χ4v) is 5.54. The predicted octanol–water partition coefficient (Wildman–Crippen LogP) is 4.92. The number of aliphatic hydroxyl groups excluding tert-OH is 1. The largest absolute Gasteiger partial charge is 0.468 e. The number of hydrogen-bond acceptors (Lipinski definition) is 6. The van der Waals surface area contributed by atoms with Crippen molar-refractivity contribution in [1.82, 2.24) is 9.88 Å². The number of furan rings is 1. The van der Waals surface area contributed by atoms with Crippen molar-refractivity contribution in [3.05, 3.63) is 64.7 Å². The minimum atomic E-state index is -0.689. The minimum absolute atomic E-state index is 0.00671. The van der Waals surface area contributed by atoms with E-state index < -0.39 is 18.1 Å². The molecule has 1 aromatic carbocycles. The molecule has 1 N–H and O–H groups in total. The Morgan fingerprint density at radius 3 is 2.56 bits per heavy atom. The maximum Gasteiger partial charge on any atom is 0.234 e. The number of Topliss-reactive ketones (excluding diaryl/α,β-unsaturated/α-hetero) is 1. The summed E-state index contributed by atoms with van der Waals surface area (Å²) in [5, 5.41) is 10.3. The number of aromatic nitrogens is 1. The SMILES string of the molecule is Cc1coc([C@@H](C(=O)N2C[C@H](O)C[C@H]2C(=O)CCc2ccc(-c3scnc3C)cc2)C(C)C)c1. The Morgan fingerprint density at radius 2 is 1.97 bits per heavy atom. The second kappa shape index (κ2) is 10.2. The summed E-state index contributed by atoms with van der Waals surface area (Å²) in [6, 6.07) is 9.49. The van der Waals surface area contributed by atoms with E-state index in [0.717, 1.165) is 27.3 Å². The highest BCUT2D eigenvalue weighted by molar-refractivity contribution is 7.13. The monoisotopic (exact) mass is 480 g/mol. The predicted molar refractivity (Wildman–Crippen MR) is 133 cm³/mol. The van der Waals surface area contributed by atoms with Crippen molar-refractivity contribution in [1.29, 1.82) is 0 Å². The van der Waals surface area contributed by atoms with E-state index in [9.17, 15) is 14.7 Å². The summed E-state index contributed by atoms with van der Waals surface area (Å²) < 4.78 is 5.64. The molecule has 0 aliphatic carbocycles. The summed E-state index contributed by atoms with van der Waals surface area (Å²) in [4.78, 5) is 33.7. The first-order valence-corrected chi connectivity index (χ1v) is 12.7. The molecule has 1 saturated heterocycles. The van der Waals surface area contributed by atoms with Gasteiger partial charge in [-0.3, -0.25) is 9.59 Å². The van der Waals surface area contributed by atoms with E-state index in [-0.39, 0.29) is 30.6 Å². The second-order valence-corrected chi connectivity index (χ2v) is 10.4. The molecule has 1 aliphatic rings. The Hall–Kier alpha value is -2.77. The van der Waals surface area contributed by atoms with Gasteiger partial charge in [0.05, 0.1) is 40.4 Å². The van der Waals surface area contributed by atoms with Crippen molar-refractivity contribution in [2.45, 2.75) is 65.0 Å². The van der Waals surface area contributed by atoms with Gasteiger partial charge in [0.1, 0.15) is 5.76 Å². The zero-order chi connectivity index (χ0) is 24.4. The standard InChI is InChI=1S/C27H32N2O4S/c1-16(2)25(24-11-17(3)14-33-24)27(32)29-13-21(30)12-22(29)23(31)10-7-19-5-8-20(9-6-19)26-18(4)28-15-34-26/h5-6,8-9,11,14-16,21-22,25,30H,7,10,12-13H2,1-4H3/t21-,22+,25+/m1/s1. The molecule has 4 rings (SSSR count). The fraction of sp³-hybridized carbons (Fsp3) is 0.444. The van der Waals surface area contributed by atoms with Crippen LogP contribution in [0.1, 0.15) is 55.2 Å². The third-order valence-electron chi connectivity index (χ3n) is 6.55. The third kappa shape index (κ3) is 5.15. The van der Waals surface area contributed by atoms with Crippen LogP contribution in [0.2, 0.25) is 0 Å². The second-order valence-electron chi connectivity index (χ2n) is 9.57. The van der Waals surface area contributed by atoms with Gasteiger partial charge >= 0.3 is 0 Å². The van der Waals surface area contributed by atoms with Gasteiger partial charge in [0, 0.05) is 19.4 Å². The van der Waals surface area contributed by atoms with E-state index in [1.54, 1.807) is 22.5 Å². The highest BCUT2D eigenvalue weighted by Gasteiger charge is 2.42. The normalized spacial score (nSPS) is 19.1. The highest BCUT2D eigenvalue weighted by atomic mass is 32.1. The summed E-state index contributed by atoms with van der Waals surface area (Å²) in [5.74, 6) is -0.0143. The number of nitrogens with zero attached hydrogens (tertiary/aromatic N) is 2. The molecule has 1 aliphatic heterocycles. The lowest BCUT2D eigenvalue weighted by Crippen LogP contribution is -2.44. The topological polar surface area (TPSA) is 83.6 Å². The first kappa shape index (κ1) is 24.4. The summed E-state index contributed by atoms with van der Waals surface area (Å²) in [5.41, 5.74) is 6.01. The molecular formula is C27H32N2O4S. The van der Waals surface area contributed by atoms with Gasteiger partial charge in [0.2, 0.25) is 5.91 Å². The van der Waals surface area contributed by atoms with Crippen molar-refractivity contribution in [3.8, 4) is 10.4 Å². The van der Waals surface area contributed by atoms with Crippen LogP contribution in [0.4, 0.5) is 0 Å². The van der Waals surface area contributed by atoms with Gasteiger partial charge in [-0.2, -0.15) is 0 Å². The zero-order valence-corrected chi connectivity index (χ0v) is 21.0. The molecular weight excluding hydrogens is 448 g/mol. The molecule has 0 spiro atoms. The van der Waals surface area contributed by atoms with E-state index >= 15 is 0 Å².